The number of anilines is 2. The van der Waals surface area contributed by atoms with Crippen LogP contribution in [0.1, 0.15) is 5.56 Å². The first-order valence-electron chi connectivity index (χ1n) is 5.63. The number of rotatable bonds is 5. The van der Waals surface area contributed by atoms with Crippen LogP contribution in [0.4, 0.5) is 11.6 Å². The summed E-state index contributed by atoms with van der Waals surface area (Å²) in [5, 5.41) is 9.84. The Morgan fingerprint density at radius 2 is 1.70 bits per heavy atom. The van der Waals surface area contributed by atoms with Crippen molar-refractivity contribution >= 4 is 21.7 Å². The first-order valence-corrected chi connectivity index (χ1v) is 7.28. The van der Waals surface area contributed by atoms with E-state index in [-0.39, 0.29) is 35.3 Å². The summed E-state index contributed by atoms with van der Waals surface area (Å²) in [4.78, 5) is 8.08. The monoisotopic (exact) mass is 300 g/mol. The van der Waals surface area contributed by atoms with Gasteiger partial charge >= 0.3 is 29.6 Å². The van der Waals surface area contributed by atoms with Crippen molar-refractivity contribution in [3.05, 3.63) is 53.4 Å². The third-order valence-electron chi connectivity index (χ3n) is 2.44. The van der Waals surface area contributed by atoms with Gasteiger partial charge in [-0.05, 0) is 30.2 Å². The normalized spacial score (nSPS) is 10.7. The van der Waals surface area contributed by atoms with Gasteiger partial charge in [-0.15, -0.1) is 0 Å². The van der Waals surface area contributed by atoms with Crippen LogP contribution in [0.2, 0.25) is 0 Å². The molecule has 0 fully saturated rings. The van der Waals surface area contributed by atoms with Crippen molar-refractivity contribution in [2.75, 3.05) is 11.1 Å². The summed E-state index contributed by atoms with van der Waals surface area (Å²) in [6.07, 6.45) is 3.62. The van der Waals surface area contributed by atoms with Crippen molar-refractivity contribution in [3.8, 4) is 0 Å². The van der Waals surface area contributed by atoms with E-state index >= 15 is 0 Å². The molecule has 2 aromatic rings. The predicted molar refractivity (Wildman–Crippen MR) is 73.6 cm³/mol. The molecule has 1 heterocycles. The molecule has 0 bridgehead atoms. The molecule has 0 aliphatic rings. The maximum absolute atomic E-state index is 10.8. The largest absolute Gasteiger partial charge is 1.00 e. The van der Waals surface area contributed by atoms with Crippen molar-refractivity contribution in [2.24, 2.45) is 0 Å². The van der Waals surface area contributed by atoms with Gasteiger partial charge in [-0.1, -0.05) is 12.1 Å². The van der Waals surface area contributed by atoms with E-state index in [1.807, 2.05) is 24.3 Å². The zero-order valence-electron chi connectivity index (χ0n) is 11.1. The Kier molecular flexibility index (Phi) is 6.57. The number of nitrogens with one attached hydrogen (secondary N) is 2. The van der Waals surface area contributed by atoms with E-state index in [1.165, 1.54) is 0 Å². The third kappa shape index (κ3) is 5.98. The number of aromatic nitrogens is 2. The van der Waals surface area contributed by atoms with Crippen molar-refractivity contribution < 1.29 is 38.0 Å². The molecule has 2 N–H and O–H groups in total. The molecule has 2 rings (SSSR count). The number of hydrogen-bond acceptors (Lipinski definition) is 5. The molecule has 0 aliphatic carbocycles. The predicted octanol–water partition coefficient (Wildman–Crippen LogP) is -0.851. The van der Waals surface area contributed by atoms with Crippen molar-refractivity contribution in [3.63, 3.8) is 0 Å². The van der Waals surface area contributed by atoms with Gasteiger partial charge in [0, 0.05) is 23.8 Å². The maximum atomic E-state index is 10.8. The minimum atomic E-state index is -3.67. The van der Waals surface area contributed by atoms with Crippen molar-refractivity contribution in [1.29, 1.82) is 0 Å². The maximum Gasteiger partial charge on any atom is 1.00 e. The van der Waals surface area contributed by atoms with Gasteiger partial charge in [-0.3, -0.25) is 0 Å². The molecule has 0 radical (unpaired) electrons. The molecule has 6 nitrogen and oxygen atoms in total. The second-order valence-corrected chi connectivity index (χ2v) is 5.60. The Bertz CT molecular complexity index is 632. The molecule has 1 aromatic heterocycles. The molecular weight excluding hydrogens is 287 g/mol. The molecule has 0 atom stereocenters. The summed E-state index contributed by atoms with van der Waals surface area (Å²) < 4.78 is 21.5. The van der Waals surface area contributed by atoms with Crippen molar-refractivity contribution in [2.45, 2.75) is 6.42 Å². The van der Waals surface area contributed by atoms with Gasteiger partial charge < -0.3 is 10.5 Å². The number of nitrogens with zero attached hydrogens (tertiary/aromatic N) is 2. The Labute approximate surface area is 140 Å². The number of hydrogen-bond donors (Lipinski definition) is 1. The zero-order chi connectivity index (χ0) is 13.7. The Morgan fingerprint density at radius 1 is 1.10 bits per heavy atom. The number of sulfonamides is 1. The van der Waals surface area contributed by atoms with E-state index in [9.17, 15) is 8.42 Å². The van der Waals surface area contributed by atoms with E-state index in [2.05, 4.69) is 15.3 Å². The molecule has 100 valence electrons. The van der Waals surface area contributed by atoms with E-state index in [0.717, 1.165) is 11.3 Å². The van der Waals surface area contributed by atoms with Crippen LogP contribution >= 0.6 is 0 Å². The fourth-order valence-corrected chi connectivity index (χ4v) is 2.00. The van der Waals surface area contributed by atoms with E-state index in [4.69, 9.17) is 5.14 Å². The molecular formula is C12H13N4NaO2S. The van der Waals surface area contributed by atoms with Gasteiger partial charge in [0.2, 0.25) is 5.95 Å². The molecule has 8 heteroatoms. The van der Waals surface area contributed by atoms with E-state index < -0.39 is 10.0 Å². The fraction of sp³-hybridized carbons (Fsp3) is 0.167. The van der Waals surface area contributed by atoms with Gasteiger partial charge in [-0.25, -0.2) is 18.4 Å². The Morgan fingerprint density at radius 3 is 2.25 bits per heavy atom. The molecule has 20 heavy (non-hydrogen) atoms. The molecule has 1 aromatic carbocycles. The van der Waals surface area contributed by atoms with Crippen LogP contribution in [0.25, 0.3) is 5.14 Å². The van der Waals surface area contributed by atoms with Gasteiger partial charge in [0.25, 0.3) is 0 Å². The van der Waals surface area contributed by atoms with Gasteiger partial charge in [-0.2, -0.15) is 0 Å². The third-order valence-corrected chi connectivity index (χ3v) is 3.18. The Balaban J connectivity index is 0.00000200. The first-order chi connectivity index (χ1) is 9.03. The summed E-state index contributed by atoms with van der Waals surface area (Å²) in [5.74, 6) is 0.339. The van der Waals surface area contributed by atoms with Crippen LogP contribution in [0, 0.1) is 0 Å². The van der Waals surface area contributed by atoms with Crippen molar-refractivity contribution in [1.82, 2.24) is 9.97 Å². The van der Waals surface area contributed by atoms with Crippen LogP contribution in [0.5, 0.6) is 0 Å². The SMILES string of the molecule is [NH-]S(=O)(=O)CCc1ccc(Nc2ncccn2)cc1.[Na+]. The second kappa shape index (κ2) is 7.70. The topological polar surface area (TPSA) is 95.8 Å². The average molecular weight is 300 g/mol. The Hall–Kier alpha value is -0.990. The molecule has 0 amide bonds. The average Bonchev–Trinajstić information content (AvgIpc) is 2.38. The standard InChI is InChI=1S/C12H13N4O2S.Na/c13-19(17,18)9-6-10-2-4-11(5-3-10)16-12-14-7-1-8-15-12;/h1-5,7-8H,6,9H2,(H2-,13,14,15,16,17,18);/q-1;+1. The summed E-state index contributed by atoms with van der Waals surface area (Å²) in [6.45, 7) is 0. The summed E-state index contributed by atoms with van der Waals surface area (Å²) in [5.41, 5.74) is 1.69. The smallest absolute Gasteiger partial charge is 0.564 e. The quantitative estimate of drug-likeness (QED) is 0.726. The molecule has 0 unspecified atom stereocenters. The summed E-state index contributed by atoms with van der Waals surface area (Å²) in [7, 11) is -3.67. The van der Waals surface area contributed by atoms with Crippen LogP contribution in [-0.2, 0) is 16.4 Å². The van der Waals surface area contributed by atoms with Gasteiger partial charge in [0.15, 0.2) is 0 Å². The van der Waals surface area contributed by atoms with Crippen LogP contribution in [0.15, 0.2) is 42.7 Å². The molecule has 0 spiro atoms. The first kappa shape index (κ1) is 17.1. The van der Waals surface area contributed by atoms with E-state index in [1.54, 1.807) is 18.5 Å². The van der Waals surface area contributed by atoms with Crippen LogP contribution < -0.4 is 34.9 Å². The van der Waals surface area contributed by atoms with E-state index in [0.29, 0.717) is 12.4 Å². The van der Waals surface area contributed by atoms with Crippen LogP contribution in [-0.4, -0.2) is 24.1 Å². The molecule has 0 saturated heterocycles. The fourth-order valence-electron chi connectivity index (χ4n) is 1.50. The van der Waals surface area contributed by atoms with Gasteiger partial charge in [0.05, 0.1) is 10.0 Å². The minimum Gasteiger partial charge on any atom is -0.564 e. The minimum absolute atomic E-state index is 0. The second-order valence-electron chi connectivity index (χ2n) is 3.96. The van der Waals surface area contributed by atoms with Gasteiger partial charge in [0.1, 0.15) is 0 Å². The molecule has 0 saturated carbocycles. The number of aryl methyl sites for hydroxylation is 1. The summed E-state index contributed by atoms with van der Waals surface area (Å²) >= 11 is 0. The summed E-state index contributed by atoms with van der Waals surface area (Å²) in [6, 6.07) is 9.01. The number of benzene rings is 1. The molecule has 0 aliphatic heterocycles. The zero-order valence-corrected chi connectivity index (χ0v) is 13.9. The van der Waals surface area contributed by atoms with Crippen LogP contribution in [0.3, 0.4) is 0 Å².